The Hall–Kier alpha value is -3.36. The quantitative estimate of drug-likeness (QED) is 0.550. The van der Waals surface area contributed by atoms with Crippen LogP contribution in [0.25, 0.3) is 0 Å². The summed E-state index contributed by atoms with van der Waals surface area (Å²) in [5.74, 6) is -3.58. The molecule has 2 aromatic heterocycles. The van der Waals surface area contributed by atoms with Gasteiger partial charge in [0.05, 0.1) is 12.8 Å². The van der Waals surface area contributed by atoms with Gasteiger partial charge in [-0.2, -0.15) is 26.3 Å². The van der Waals surface area contributed by atoms with E-state index < -0.39 is 24.3 Å². The highest BCUT2D eigenvalue weighted by Gasteiger charge is 2.50. The van der Waals surface area contributed by atoms with Crippen molar-refractivity contribution >= 4 is 17.9 Å². The van der Waals surface area contributed by atoms with Crippen molar-refractivity contribution in [2.45, 2.75) is 50.6 Å². The highest BCUT2D eigenvalue weighted by atomic mass is 19.4. The average Bonchev–Trinajstić information content (AvgIpc) is 3.31. The molecule has 1 aliphatic heterocycles. The van der Waals surface area contributed by atoms with Crippen LogP contribution < -0.4 is 4.90 Å². The molecular formula is C22H26F6N4O5. The molecule has 2 aromatic rings. The van der Waals surface area contributed by atoms with Gasteiger partial charge in [-0.3, -0.25) is 4.90 Å². The molecule has 0 bridgehead atoms. The SMILES string of the molecule is CN(Cc1ccco1)C1CCC12CCN(c1ncccn1)CC2.O=C(O)C(F)(F)F.O=C(O)C(F)(F)F. The van der Waals surface area contributed by atoms with Gasteiger partial charge in [0.1, 0.15) is 5.76 Å². The van der Waals surface area contributed by atoms with Crippen LogP contribution in [0, 0.1) is 5.41 Å². The minimum absolute atomic E-state index is 0.479. The standard InChI is InChI=1S/C18H24N4O.2C2HF3O2/c1-21(14-15-4-2-13-23-15)16-5-6-18(16)7-11-22(12-8-18)17-19-9-3-10-20-17;2*3-2(4,5)1(6)7/h2-4,9-10,13,16H,5-8,11-12,14H2,1H3;2*(H,6,7). The van der Waals surface area contributed by atoms with Gasteiger partial charge >= 0.3 is 24.3 Å². The number of furan rings is 1. The molecule has 1 unspecified atom stereocenters. The van der Waals surface area contributed by atoms with E-state index in [2.05, 4.69) is 32.9 Å². The van der Waals surface area contributed by atoms with Gasteiger partial charge in [0.2, 0.25) is 5.95 Å². The lowest BCUT2D eigenvalue weighted by molar-refractivity contribution is -0.193. The highest BCUT2D eigenvalue weighted by molar-refractivity contribution is 5.73. The fraction of sp³-hybridized carbons (Fsp3) is 0.545. The topological polar surface area (TPSA) is 120 Å². The van der Waals surface area contributed by atoms with Crippen LogP contribution in [-0.4, -0.2) is 75.6 Å². The third-order valence-electron chi connectivity index (χ3n) is 6.22. The summed E-state index contributed by atoms with van der Waals surface area (Å²) in [5, 5.41) is 14.2. The Bertz CT molecular complexity index is 969. The minimum Gasteiger partial charge on any atom is -0.475 e. The number of carboxylic acid groups (broad SMARTS) is 2. The molecule has 0 aromatic carbocycles. The number of alkyl halides is 6. The Morgan fingerprint density at radius 2 is 1.54 bits per heavy atom. The minimum atomic E-state index is -5.08. The van der Waals surface area contributed by atoms with Gasteiger partial charge in [-0.1, -0.05) is 0 Å². The molecule has 2 N–H and O–H groups in total. The van der Waals surface area contributed by atoms with E-state index in [1.54, 1.807) is 6.26 Å². The van der Waals surface area contributed by atoms with E-state index in [1.807, 2.05) is 24.5 Å². The van der Waals surface area contributed by atoms with Gasteiger partial charge in [-0.05, 0) is 56.3 Å². The van der Waals surface area contributed by atoms with Crippen LogP contribution in [0.4, 0.5) is 32.3 Å². The molecule has 1 atom stereocenters. The molecule has 37 heavy (non-hydrogen) atoms. The second kappa shape index (κ2) is 12.3. The van der Waals surface area contributed by atoms with E-state index in [0.29, 0.717) is 11.5 Å². The number of hydrogen-bond acceptors (Lipinski definition) is 7. The summed E-state index contributed by atoms with van der Waals surface area (Å²) in [6, 6.07) is 6.59. The molecular weight excluding hydrogens is 514 g/mol. The first-order chi connectivity index (χ1) is 17.2. The van der Waals surface area contributed by atoms with E-state index >= 15 is 0 Å². The first-order valence-electron chi connectivity index (χ1n) is 11.0. The zero-order valence-electron chi connectivity index (χ0n) is 19.7. The molecule has 0 radical (unpaired) electrons. The molecule has 9 nitrogen and oxygen atoms in total. The van der Waals surface area contributed by atoms with Gasteiger partial charge in [-0.25, -0.2) is 19.6 Å². The number of anilines is 1. The normalized spacial score (nSPS) is 18.7. The predicted molar refractivity (Wildman–Crippen MR) is 116 cm³/mol. The predicted octanol–water partition coefficient (Wildman–Crippen LogP) is 4.22. The number of halogens is 6. The maximum absolute atomic E-state index is 10.6. The first kappa shape index (κ1) is 29.9. The summed E-state index contributed by atoms with van der Waals surface area (Å²) in [6.07, 6.45) is 0.379. The number of hydrogen-bond donors (Lipinski definition) is 2. The molecule has 1 spiro atoms. The lowest BCUT2D eigenvalue weighted by Crippen LogP contribution is -2.58. The number of nitrogens with zero attached hydrogens (tertiary/aromatic N) is 4. The molecule has 1 saturated heterocycles. The van der Waals surface area contributed by atoms with Gasteiger partial charge in [0.25, 0.3) is 0 Å². The smallest absolute Gasteiger partial charge is 0.475 e. The molecule has 0 amide bonds. The average molecular weight is 540 g/mol. The second-order valence-corrected chi connectivity index (χ2v) is 8.55. The van der Waals surface area contributed by atoms with Gasteiger partial charge < -0.3 is 19.5 Å². The molecule has 206 valence electrons. The first-order valence-corrected chi connectivity index (χ1v) is 11.0. The van der Waals surface area contributed by atoms with Crippen LogP contribution in [0.1, 0.15) is 31.4 Å². The van der Waals surface area contributed by atoms with Crippen LogP contribution in [0.15, 0.2) is 41.3 Å². The maximum Gasteiger partial charge on any atom is 0.490 e. The summed E-state index contributed by atoms with van der Waals surface area (Å²) in [7, 11) is 2.24. The fourth-order valence-electron chi connectivity index (χ4n) is 4.32. The maximum atomic E-state index is 10.6. The summed E-state index contributed by atoms with van der Waals surface area (Å²) in [6.45, 7) is 3.04. The van der Waals surface area contributed by atoms with Crippen molar-refractivity contribution in [1.29, 1.82) is 0 Å². The number of aliphatic carboxylic acids is 2. The number of carbonyl (C=O) groups is 2. The van der Waals surface area contributed by atoms with Gasteiger partial charge in [0.15, 0.2) is 0 Å². The van der Waals surface area contributed by atoms with Crippen molar-refractivity contribution in [3.63, 3.8) is 0 Å². The van der Waals surface area contributed by atoms with Crippen molar-refractivity contribution in [3.05, 3.63) is 42.6 Å². The summed E-state index contributed by atoms with van der Waals surface area (Å²) in [4.78, 5) is 31.4. The molecule has 4 rings (SSSR count). The summed E-state index contributed by atoms with van der Waals surface area (Å²) in [5.41, 5.74) is 0.479. The largest absolute Gasteiger partial charge is 0.490 e. The highest BCUT2D eigenvalue weighted by Crippen LogP contribution is 2.51. The number of carboxylic acids is 2. The van der Waals surface area contributed by atoms with Gasteiger partial charge in [-0.15, -0.1) is 0 Å². The van der Waals surface area contributed by atoms with Crippen LogP contribution in [0.3, 0.4) is 0 Å². The van der Waals surface area contributed by atoms with Gasteiger partial charge in [0, 0.05) is 31.5 Å². The van der Waals surface area contributed by atoms with Crippen molar-refractivity contribution in [2.24, 2.45) is 5.41 Å². The molecule has 2 aliphatic rings. The fourth-order valence-corrected chi connectivity index (χ4v) is 4.32. The Labute approximate surface area is 207 Å². The number of rotatable bonds is 4. The Morgan fingerprint density at radius 3 is 1.92 bits per heavy atom. The van der Waals surface area contributed by atoms with Crippen LogP contribution >= 0.6 is 0 Å². The van der Waals surface area contributed by atoms with Crippen molar-refractivity contribution < 1.29 is 50.6 Å². The van der Waals surface area contributed by atoms with E-state index in [9.17, 15) is 26.3 Å². The zero-order chi connectivity index (χ0) is 27.9. The summed E-state index contributed by atoms with van der Waals surface area (Å²) >= 11 is 0. The zero-order valence-corrected chi connectivity index (χ0v) is 19.7. The van der Waals surface area contributed by atoms with Crippen molar-refractivity contribution in [2.75, 3.05) is 25.0 Å². The van der Waals surface area contributed by atoms with E-state index in [0.717, 1.165) is 31.3 Å². The molecule has 1 aliphatic carbocycles. The van der Waals surface area contributed by atoms with Crippen LogP contribution in [0.2, 0.25) is 0 Å². The second-order valence-electron chi connectivity index (χ2n) is 8.55. The molecule has 2 fully saturated rings. The Kier molecular flexibility index (Phi) is 9.89. The van der Waals surface area contributed by atoms with Crippen molar-refractivity contribution in [1.82, 2.24) is 14.9 Å². The summed E-state index contributed by atoms with van der Waals surface area (Å²) < 4.78 is 69.0. The van der Waals surface area contributed by atoms with Crippen LogP contribution in [0.5, 0.6) is 0 Å². The lowest BCUT2D eigenvalue weighted by Gasteiger charge is -2.56. The molecule has 3 heterocycles. The van der Waals surface area contributed by atoms with E-state index in [4.69, 9.17) is 24.2 Å². The van der Waals surface area contributed by atoms with Crippen LogP contribution in [-0.2, 0) is 16.1 Å². The third-order valence-corrected chi connectivity index (χ3v) is 6.22. The monoisotopic (exact) mass is 540 g/mol. The number of aromatic nitrogens is 2. The Balaban J connectivity index is 0.000000286. The van der Waals surface area contributed by atoms with Crippen molar-refractivity contribution in [3.8, 4) is 0 Å². The third kappa shape index (κ3) is 8.61. The molecule has 1 saturated carbocycles. The van der Waals surface area contributed by atoms with E-state index in [-0.39, 0.29) is 0 Å². The molecule has 15 heteroatoms. The number of piperidine rings is 1. The van der Waals surface area contributed by atoms with E-state index in [1.165, 1.54) is 25.7 Å². The Morgan fingerprint density at radius 1 is 1.03 bits per heavy atom. The lowest BCUT2D eigenvalue weighted by atomic mass is 9.59.